The molecule has 3 nitrogen and oxygen atoms in total. The van der Waals surface area contributed by atoms with E-state index in [1.807, 2.05) is 0 Å². The van der Waals surface area contributed by atoms with Gasteiger partial charge in [0.05, 0.1) is 0 Å². The van der Waals surface area contributed by atoms with E-state index in [2.05, 4.69) is 23.3 Å². The summed E-state index contributed by atoms with van der Waals surface area (Å²) in [5.41, 5.74) is 0. The first-order valence-electron chi connectivity index (χ1n) is 5.93. The Bertz CT molecular complexity index is 194. The van der Waals surface area contributed by atoms with E-state index in [0.29, 0.717) is 0 Å². The third kappa shape index (κ3) is 11.8. The van der Waals surface area contributed by atoms with Gasteiger partial charge in [-0.2, -0.15) is 0 Å². The predicted octanol–water partition coefficient (Wildman–Crippen LogP) is 3.98. The molecule has 0 atom stereocenters. The molecule has 0 N–H and O–H groups in total. The van der Waals surface area contributed by atoms with Gasteiger partial charge >= 0.3 is 71.2 Å². The van der Waals surface area contributed by atoms with Crippen LogP contribution in [0.4, 0.5) is 0 Å². The van der Waals surface area contributed by atoms with Gasteiger partial charge in [0.25, 0.3) is 0 Å². The van der Waals surface area contributed by atoms with E-state index < -0.39 is 19.7 Å². The fraction of sp³-hybridized carbons (Fsp3) is 0.667. The monoisotopic (exact) mass is 334 g/mol. The first-order chi connectivity index (χ1) is 7.81. The molecular weight excluding hydrogens is 311 g/mol. The second-order valence-electron chi connectivity index (χ2n) is 3.56. The SMILES string of the molecule is C1=COC=CO1.CCC[CH2][Sn](=[O])[CH2]CCC. The molecule has 16 heavy (non-hydrogen) atoms. The summed E-state index contributed by atoms with van der Waals surface area (Å²) in [5.74, 6) is 0. The van der Waals surface area contributed by atoms with Gasteiger partial charge in [-0.15, -0.1) is 0 Å². The van der Waals surface area contributed by atoms with Crippen molar-refractivity contribution in [3.05, 3.63) is 25.0 Å². The Balaban J connectivity index is 0.000000315. The summed E-state index contributed by atoms with van der Waals surface area (Å²) < 4.78 is 22.6. The van der Waals surface area contributed by atoms with E-state index in [0.717, 1.165) is 8.87 Å². The van der Waals surface area contributed by atoms with Gasteiger partial charge < -0.3 is 9.47 Å². The topological polar surface area (TPSA) is 35.5 Å². The summed E-state index contributed by atoms with van der Waals surface area (Å²) in [4.78, 5) is 0. The van der Waals surface area contributed by atoms with Crippen molar-refractivity contribution in [1.29, 1.82) is 0 Å². The average Bonchev–Trinajstić information content (AvgIpc) is 2.36. The quantitative estimate of drug-likeness (QED) is 0.690. The standard InChI is InChI=1S/C4H4O2.2C4H9.O.Sn/c1-2-6-4-3-5-1;2*1-3-4-2;;/h1-4H;2*1,3-4H2,2H3;;. The van der Waals surface area contributed by atoms with Crippen LogP contribution in [0.15, 0.2) is 25.0 Å². The van der Waals surface area contributed by atoms with Gasteiger partial charge in [0.2, 0.25) is 0 Å². The van der Waals surface area contributed by atoms with Gasteiger partial charge in [0.15, 0.2) is 0 Å². The van der Waals surface area contributed by atoms with Crippen molar-refractivity contribution >= 4 is 19.7 Å². The molecule has 0 fully saturated rings. The van der Waals surface area contributed by atoms with Crippen LogP contribution in [0.2, 0.25) is 8.87 Å². The van der Waals surface area contributed by atoms with E-state index >= 15 is 0 Å². The van der Waals surface area contributed by atoms with Crippen molar-refractivity contribution in [2.24, 2.45) is 0 Å². The fourth-order valence-electron chi connectivity index (χ4n) is 1.09. The van der Waals surface area contributed by atoms with E-state index in [4.69, 9.17) is 0 Å². The van der Waals surface area contributed by atoms with Gasteiger partial charge in [-0.25, -0.2) is 0 Å². The zero-order chi connectivity index (χ0) is 12.1. The first-order valence-corrected chi connectivity index (χ1v) is 11.1. The molecule has 92 valence electrons. The van der Waals surface area contributed by atoms with Crippen molar-refractivity contribution in [3.8, 4) is 0 Å². The molecule has 0 unspecified atom stereocenters. The Morgan fingerprint density at radius 3 is 1.50 bits per heavy atom. The van der Waals surface area contributed by atoms with Gasteiger partial charge in [0.1, 0.15) is 25.0 Å². The maximum atomic E-state index is 11.2. The van der Waals surface area contributed by atoms with Crippen LogP contribution in [0.3, 0.4) is 0 Å². The third-order valence-corrected chi connectivity index (χ3v) is 7.25. The van der Waals surface area contributed by atoms with E-state index in [-0.39, 0.29) is 0 Å². The summed E-state index contributed by atoms with van der Waals surface area (Å²) in [5, 5.41) is 0. The van der Waals surface area contributed by atoms with E-state index in [9.17, 15) is 3.08 Å². The molecule has 1 heterocycles. The van der Waals surface area contributed by atoms with Gasteiger partial charge in [0, 0.05) is 0 Å². The summed E-state index contributed by atoms with van der Waals surface area (Å²) in [6.45, 7) is 4.33. The Morgan fingerprint density at radius 1 is 0.875 bits per heavy atom. The molecule has 0 saturated carbocycles. The number of hydrogen-bond acceptors (Lipinski definition) is 3. The molecule has 1 aliphatic rings. The Hall–Kier alpha value is -0.321. The number of ether oxygens (including phenoxy) is 2. The molecule has 0 spiro atoms. The van der Waals surface area contributed by atoms with Crippen LogP contribution in [0.1, 0.15) is 39.5 Å². The number of rotatable bonds is 6. The number of hydrogen-bond donors (Lipinski definition) is 0. The second kappa shape index (κ2) is 12.7. The zero-order valence-electron chi connectivity index (χ0n) is 10.3. The van der Waals surface area contributed by atoms with Crippen molar-refractivity contribution in [2.75, 3.05) is 0 Å². The zero-order valence-corrected chi connectivity index (χ0v) is 13.1. The van der Waals surface area contributed by atoms with E-state index in [1.54, 1.807) is 0 Å². The predicted molar refractivity (Wildman–Crippen MR) is 66.3 cm³/mol. The summed E-state index contributed by atoms with van der Waals surface area (Å²) in [6.07, 6.45) is 10.6. The molecule has 0 aromatic carbocycles. The molecule has 1 aliphatic heterocycles. The fourth-order valence-corrected chi connectivity index (χ4v) is 6.07. The van der Waals surface area contributed by atoms with Crippen LogP contribution < -0.4 is 0 Å². The normalized spacial score (nSPS) is 12.1. The average molecular weight is 333 g/mol. The Labute approximate surface area is 106 Å². The molecule has 0 amide bonds. The van der Waals surface area contributed by atoms with Crippen LogP contribution in [0.5, 0.6) is 0 Å². The van der Waals surface area contributed by atoms with Crippen LogP contribution in [0.25, 0.3) is 0 Å². The first kappa shape index (κ1) is 15.7. The maximum absolute atomic E-state index is 11.2. The van der Waals surface area contributed by atoms with Crippen molar-refractivity contribution in [2.45, 2.75) is 48.4 Å². The minimum absolute atomic E-state index is 1.08. The molecule has 0 bridgehead atoms. The van der Waals surface area contributed by atoms with Crippen LogP contribution in [-0.4, -0.2) is 19.7 Å². The van der Waals surface area contributed by atoms with Crippen LogP contribution in [-0.2, 0) is 12.6 Å². The van der Waals surface area contributed by atoms with Gasteiger partial charge in [-0.05, 0) is 0 Å². The molecule has 0 radical (unpaired) electrons. The molecule has 1 rings (SSSR count). The van der Waals surface area contributed by atoms with Crippen molar-refractivity contribution in [3.63, 3.8) is 0 Å². The molecule has 0 aromatic heterocycles. The van der Waals surface area contributed by atoms with Gasteiger partial charge in [-0.3, -0.25) is 0 Å². The van der Waals surface area contributed by atoms with Crippen LogP contribution >= 0.6 is 0 Å². The number of unbranched alkanes of at least 4 members (excludes halogenated alkanes) is 2. The summed E-state index contributed by atoms with van der Waals surface area (Å²) in [7, 11) is 0. The molecule has 0 aromatic rings. The third-order valence-electron chi connectivity index (χ3n) is 2.04. The van der Waals surface area contributed by atoms with Gasteiger partial charge in [-0.1, -0.05) is 0 Å². The van der Waals surface area contributed by atoms with Crippen LogP contribution in [0, 0.1) is 0 Å². The molecule has 0 aliphatic carbocycles. The Morgan fingerprint density at radius 2 is 1.25 bits per heavy atom. The summed E-state index contributed by atoms with van der Waals surface area (Å²) >= 11 is -1.99. The van der Waals surface area contributed by atoms with Crippen molar-refractivity contribution in [1.82, 2.24) is 0 Å². The molecule has 0 saturated heterocycles. The molecule has 4 heteroatoms. The minimum atomic E-state index is -1.99. The molecular formula is C12H22O3Sn. The van der Waals surface area contributed by atoms with E-state index in [1.165, 1.54) is 50.7 Å². The van der Waals surface area contributed by atoms with Crippen molar-refractivity contribution < 1.29 is 12.6 Å². The Kier molecular flexibility index (Phi) is 12.5. The summed E-state index contributed by atoms with van der Waals surface area (Å²) in [6, 6.07) is 0. The second-order valence-corrected chi connectivity index (χ2v) is 9.49.